The number of halogens is 1. The average molecular weight is 479 g/mol. The number of hydrogen-bond donors (Lipinski definition) is 2. The molecule has 0 radical (unpaired) electrons. The molecule has 0 unspecified atom stereocenters. The maximum atomic E-state index is 13.2. The lowest BCUT2D eigenvalue weighted by atomic mass is 10.1. The molecule has 9 heteroatoms. The molecule has 0 atom stereocenters. The Bertz CT molecular complexity index is 1370. The van der Waals surface area contributed by atoms with Gasteiger partial charge in [0.15, 0.2) is 11.5 Å². The number of nitrogens with one attached hydrogen (secondary N) is 2. The van der Waals surface area contributed by atoms with E-state index in [1.165, 1.54) is 12.0 Å². The topological polar surface area (TPSA) is 96.5 Å². The Kier molecular flexibility index (Phi) is 6.98. The number of methoxy groups -OCH3 is 2. The minimum absolute atomic E-state index is 0.0703. The summed E-state index contributed by atoms with van der Waals surface area (Å²) in [5, 5.41) is 4.11. The fraction of sp³-hybridized carbons (Fsp3) is 0.160. The number of amides is 2. The number of rotatable bonds is 7. The third-order valence-corrected chi connectivity index (χ3v) is 5.48. The van der Waals surface area contributed by atoms with E-state index in [0.717, 1.165) is 10.9 Å². The SMILES string of the molecule is COc1cc2cc(CN(Cc3cccnc3)C(=O)Nc3cccc(Cl)c3)c(=O)[nH]c2cc1OC. The van der Waals surface area contributed by atoms with Crippen LogP contribution < -0.4 is 20.3 Å². The standard InChI is InChI=1S/C25H23ClN4O4/c1-33-22-10-17-9-18(24(31)29-21(17)12-23(22)34-2)15-30(14-16-5-4-8-27-13-16)25(32)28-20-7-3-6-19(26)11-20/h3-13H,14-15H2,1-2H3,(H,28,32)(H,29,31). The molecule has 0 aliphatic heterocycles. The van der Waals surface area contributed by atoms with Gasteiger partial charge in [-0.2, -0.15) is 0 Å². The lowest BCUT2D eigenvalue weighted by Gasteiger charge is -2.23. The van der Waals surface area contributed by atoms with Crippen LogP contribution in [0.2, 0.25) is 5.02 Å². The number of pyridine rings is 2. The molecular formula is C25H23ClN4O4. The summed E-state index contributed by atoms with van der Waals surface area (Å²) in [7, 11) is 3.08. The van der Waals surface area contributed by atoms with Gasteiger partial charge in [-0.25, -0.2) is 4.79 Å². The zero-order chi connectivity index (χ0) is 24.1. The molecule has 174 valence electrons. The average Bonchev–Trinajstić information content (AvgIpc) is 2.84. The summed E-state index contributed by atoms with van der Waals surface area (Å²) >= 11 is 6.05. The lowest BCUT2D eigenvalue weighted by molar-refractivity contribution is 0.206. The van der Waals surface area contributed by atoms with E-state index in [2.05, 4.69) is 15.3 Å². The first-order valence-electron chi connectivity index (χ1n) is 10.4. The van der Waals surface area contributed by atoms with Crippen LogP contribution in [0.25, 0.3) is 10.9 Å². The Hall–Kier alpha value is -4.04. The van der Waals surface area contributed by atoms with Gasteiger partial charge in [-0.3, -0.25) is 9.78 Å². The highest BCUT2D eigenvalue weighted by Crippen LogP contribution is 2.31. The van der Waals surface area contributed by atoms with Crippen LogP contribution in [0.5, 0.6) is 11.5 Å². The summed E-state index contributed by atoms with van der Waals surface area (Å²) < 4.78 is 10.7. The highest BCUT2D eigenvalue weighted by atomic mass is 35.5. The number of ether oxygens (including phenoxy) is 2. The Labute approximate surface area is 201 Å². The van der Waals surface area contributed by atoms with Gasteiger partial charge in [-0.15, -0.1) is 0 Å². The molecule has 0 aliphatic carbocycles. The molecule has 2 aromatic carbocycles. The zero-order valence-electron chi connectivity index (χ0n) is 18.7. The number of aromatic amines is 1. The van der Waals surface area contributed by atoms with Crippen LogP contribution in [-0.2, 0) is 13.1 Å². The van der Waals surface area contributed by atoms with Crippen molar-refractivity contribution in [2.45, 2.75) is 13.1 Å². The number of aromatic nitrogens is 2. The van der Waals surface area contributed by atoms with Crippen molar-refractivity contribution < 1.29 is 14.3 Å². The van der Waals surface area contributed by atoms with Gasteiger partial charge in [0.1, 0.15) is 0 Å². The molecular weight excluding hydrogens is 456 g/mol. The van der Waals surface area contributed by atoms with E-state index in [0.29, 0.717) is 33.3 Å². The summed E-state index contributed by atoms with van der Waals surface area (Å²) in [4.78, 5) is 34.6. The monoisotopic (exact) mass is 478 g/mol. The summed E-state index contributed by atoms with van der Waals surface area (Å²) in [5.41, 5.74) is 2.11. The number of urea groups is 1. The van der Waals surface area contributed by atoms with Crippen LogP contribution in [0.3, 0.4) is 0 Å². The number of hydrogen-bond acceptors (Lipinski definition) is 5. The number of benzene rings is 2. The third kappa shape index (κ3) is 5.29. The number of anilines is 1. The van der Waals surface area contributed by atoms with Crippen LogP contribution >= 0.6 is 11.6 Å². The fourth-order valence-electron chi connectivity index (χ4n) is 3.58. The Morgan fingerprint density at radius 3 is 2.56 bits per heavy atom. The maximum Gasteiger partial charge on any atom is 0.322 e. The second kappa shape index (κ2) is 10.3. The van der Waals surface area contributed by atoms with Crippen molar-refractivity contribution in [1.29, 1.82) is 0 Å². The summed E-state index contributed by atoms with van der Waals surface area (Å²) in [6.45, 7) is 0.324. The lowest BCUT2D eigenvalue weighted by Crippen LogP contribution is -2.35. The van der Waals surface area contributed by atoms with Gasteiger partial charge in [0.05, 0.1) is 26.3 Å². The van der Waals surface area contributed by atoms with E-state index < -0.39 is 0 Å². The molecule has 2 amide bonds. The first-order chi connectivity index (χ1) is 16.5. The van der Waals surface area contributed by atoms with E-state index >= 15 is 0 Å². The molecule has 0 saturated heterocycles. The Morgan fingerprint density at radius 1 is 1.06 bits per heavy atom. The molecule has 0 saturated carbocycles. The van der Waals surface area contributed by atoms with Gasteiger partial charge < -0.3 is 24.7 Å². The zero-order valence-corrected chi connectivity index (χ0v) is 19.4. The van der Waals surface area contributed by atoms with E-state index in [-0.39, 0.29) is 24.7 Å². The number of carbonyl (C=O) groups is 1. The minimum atomic E-state index is -0.377. The molecule has 2 N–H and O–H groups in total. The molecule has 34 heavy (non-hydrogen) atoms. The fourth-order valence-corrected chi connectivity index (χ4v) is 3.77. The highest BCUT2D eigenvalue weighted by molar-refractivity contribution is 6.30. The van der Waals surface area contributed by atoms with Crippen LogP contribution in [0, 0.1) is 0 Å². The maximum absolute atomic E-state index is 13.2. The van der Waals surface area contributed by atoms with Gasteiger partial charge in [0.2, 0.25) is 0 Å². The molecule has 2 aromatic heterocycles. The molecule has 0 fully saturated rings. The molecule has 4 rings (SSSR count). The van der Waals surface area contributed by atoms with Gasteiger partial charge in [-0.05, 0) is 42.0 Å². The normalized spacial score (nSPS) is 10.7. The van der Waals surface area contributed by atoms with Crippen molar-refractivity contribution in [1.82, 2.24) is 14.9 Å². The van der Waals surface area contributed by atoms with Gasteiger partial charge >= 0.3 is 6.03 Å². The highest BCUT2D eigenvalue weighted by Gasteiger charge is 2.18. The van der Waals surface area contributed by atoms with Crippen molar-refractivity contribution in [2.75, 3.05) is 19.5 Å². The van der Waals surface area contributed by atoms with Gasteiger partial charge in [-0.1, -0.05) is 23.7 Å². The molecule has 0 aliphatic rings. The summed E-state index contributed by atoms with van der Waals surface area (Å²) in [6.07, 6.45) is 3.34. The van der Waals surface area contributed by atoms with Crippen molar-refractivity contribution in [3.8, 4) is 11.5 Å². The third-order valence-electron chi connectivity index (χ3n) is 5.25. The van der Waals surface area contributed by atoms with Crippen LogP contribution in [0.4, 0.5) is 10.5 Å². The van der Waals surface area contributed by atoms with E-state index in [9.17, 15) is 9.59 Å². The predicted molar refractivity (Wildman–Crippen MR) is 132 cm³/mol. The van der Waals surface area contributed by atoms with Crippen molar-refractivity contribution in [3.63, 3.8) is 0 Å². The van der Waals surface area contributed by atoms with Crippen LogP contribution in [-0.4, -0.2) is 35.1 Å². The van der Waals surface area contributed by atoms with Gasteiger partial charge in [0, 0.05) is 46.7 Å². The number of carbonyl (C=O) groups excluding carboxylic acids is 1. The molecule has 2 heterocycles. The van der Waals surface area contributed by atoms with Crippen molar-refractivity contribution in [2.24, 2.45) is 0 Å². The smallest absolute Gasteiger partial charge is 0.322 e. The van der Waals surface area contributed by atoms with E-state index in [1.54, 1.807) is 68.0 Å². The number of H-pyrrole nitrogens is 1. The second-order valence-electron chi connectivity index (χ2n) is 7.58. The molecule has 0 bridgehead atoms. The quantitative estimate of drug-likeness (QED) is 0.396. The number of fused-ring (bicyclic) bond motifs is 1. The Balaban J connectivity index is 1.67. The van der Waals surface area contributed by atoms with E-state index in [1.807, 2.05) is 6.07 Å². The van der Waals surface area contributed by atoms with Crippen LogP contribution in [0.15, 0.2) is 71.8 Å². The number of nitrogens with zero attached hydrogens (tertiary/aromatic N) is 2. The molecule has 8 nitrogen and oxygen atoms in total. The van der Waals surface area contributed by atoms with Crippen molar-refractivity contribution in [3.05, 3.63) is 93.5 Å². The van der Waals surface area contributed by atoms with Crippen molar-refractivity contribution >= 4 is 34.2 Å². The first-order valence-corrected chi connectivity index (χ1v) is 10.8. The summed E-state index contributed by atoms with van der Waals surface area (Å²) in [5.74, 6) is 1.05. The molecule has 4 aromatic rings. The second-order valence-corrected chi connectivity index (χ2v) is 8.01. The van der Waals surface area contributed by atoms with Crippen LogP contribution in [0.1, 0.15) is 11.1 Å². The largest absolute Gasteiger partial charge is 0.493 e. The van der Waals surface area contributed by atoms with E-state index in [4.69, 9.17) is 21.1 Å². The minimum Gasteiger partial charge on any atom is -0.493 e. The predicted octanol–water partition coefficient (Wildman–Crippen LogP) is 4.83. The Morgan fingerprint density at radius 2 is 1.85 bits per heavy atom. The van der Waals surface area contributed by atoms with Gasteiger partial charge in [0.25, 0.3) is 5.56 Å². The first kappa shape index (κ1) is 23.1. The molecule has 0 spiro atoms. The summed E-state index contributed by atoms with van der Waals surface area (Å²) in [6, 6.07) is 15.4.